The van der Waals surface area contributed by atoms with Gasteiger partial charge in [-0.3, -0.25) is 44.1 Å². The third kappa shape index (κ3) is 15.0. The summed E-state index contributed by atoms with van der Waals surface area (Å²) >= 11 is 0. The quantitative estimate of drug-likeness (QED) is 0.0347. The van der Waals surface area contributed by atoms with Gasteiger partial charge in [-0.15, -0.1) is 0 Å². The number of anilines is 4. The predicted octanol–water partition coefficient (Wildman–Crippen LogP) is 4.91. The van der Waals surface area contributed by atoms with E-state index < -0.39 is 41.3 Å². The zero-order valence-electron chi connectivity index (χ0n) is 43.8. The Morgan fingerprint density at radius 3 is 2.06 bits per heavy atom. The molecule has 4 aliphatic rings. The summed E-state index contributed by atoms with van der Waals surface area (Å²) < 4.78 is 61.4. The van der Waals surface area contributed by atoms with Gasteiger partial charge in [0, 0.05) is 86.9 Å². The molecule has 3 saturated heterocycles. The minimum absolute atomic E-state index is 0.0178. The first-order chi connectivity index (χ1) is 38.5. The number of amides is 6. The summed E-state index contributed by atoms with van der Waals surface area (Å²) in [7, 11) is 0. The van der Waals surface area contributed by atoms with Crippen LogP contribution in [0.1, 0.15) is 74.3 Å². The highest BCUT2D eigenvalue weighted by atomic mass is 19.1. The number of benzene rings is 4. The molecule has 1 unspecified atom stereocenters. The van der Waals surface area contributed by atoms with Crippen molar-refractivity contribution in [1.29, 1.82) is 0 Å². The van der Waals surface area contributed by atoms with Crippen LogP contribution in [0.3, 0.4) is 0 Å². The molecule has 4 aliphatic heterocycles. The number of piperazine rings is 1. The second-order valence-electron chi connectivity index (χ2n) is 19.4. The lowest BCUT2D eigenvalue weighted by atomic mass is 10.0. The first-order valence-electron chi connectivity index (χ1n) is 26.7. The molecule has 23 heteroatoms. The number of nitrogens with one attached hydrogen (secondary N) is 5. The SMILES string of the molecule is O=C1CCC(N2C(=O)c3ccc(NCCOCCOCCOCCOCCOCCC(=O)N4CCN(c5ccc(C(=O)Nc6n[nH]c7ccc(Cc8cc(F)cc(F)c8)cc67)c(NC6CCOCC6)c5)CC4)cc3C2=O)C(=O)N1. The van der Waals surface area contributed by atoms with Crippen LogP contribution in [0, 0.1) is 11.6 Å². The summed E-state index contributed by atoms with van der Waals surface area (Å²) in [5.41, 5.74) is 5.07. The first kappa shape index (κ1) is 56.3. The molecule has 1 aromatic heterocycles. The van der Waals surface area contributed by atoms with Gasteiger partial charge in [-0.1, -0.05) is 6.07 Å². The Hall–Kier alpha value is -7.41. The van der Waals surface area contributed by atoms with Crippen LogP contribution in [0.5, 0.6) is 0 Å². The number of aromatic amines is 1. The van der Waals surface area contributed by atoms with Gasteiger partial charge in [0.2, 0.25) is 17.7 Å². The van der Waals surface area contributed by atoms with Crippen molar-refractivity contribution < 1.29 is 66.0 Å². The zero-order chi connectivity index (χ0) is 55.1. The molecule has 3 fully saturated rings. The monoisotopic (exact) mass is 1090 g/mol. The Labute approximate surface area is 454 Å². The Kier molecular flexibility index (Phi) is 19.6. The molecule has 5 N–H and O–H groups in total. The number of fused-ring (bicyclic) bond motifs is 2. The average molecular weight is 1090 g/mol. The number of carbonyl (C=O) groups is 6. The van der Waals surface area contributed by atoms with Crippen LogP contribution in [0.2, 0.25) is 0 Å². The number of nitrogens with zero attached hydrogens (tertiary/aromatic N) is 4. The Bertz CT molecular complexity index is 2960. The van der Waals surface area contributed by atoms with E-state index in [2.05, 4.69) is 36.4 Å². The van der Waals surface area contributed by atoms with Gasteiger partial charge in [0.25, 0.3) is 17.7 Å². The Morgan fingerprint density at radius 1 is 0.696 bits per heavy atom. The van der Waals surface area contributed by atoms with Gasteiger partial charge in [0.1, 0.15) is 17.7 Å². The highest BCUT2D eigenvalue weighted by Gasteiger charge is 2.44. The van der Waals surface area contributed by atoms with Crippen molar-refractivity contribution in [2.75, 3.05) is 133 Å². The lowest BCUT2D eigenvalue weighted by Gasteiger charge is -2.36. The molecule has 420 valence electrons. The number of rotatable bonds is 27. The van der Waals surface area contributed by atoms with Crippen molar-refractivity contribution in [3.63, 3.8) is 0 Å². The van der Waals surface area contributed by atoms with Crippen LogP contribution in [0.4, 0.5) is 31.7 Å². The van der Waals surface area contributed by atoms with E-state index in [0.717, 1.165) is 35.1 Å². The summed E-state index contributed by atoms with van der Waals surface area (Å²) in [5, 5.41) is 19.9. The van der Waals surface area contributed by atoms with E-state index in [9.17, 15) is 37.5 Å². The largest absolute Gasteiger partial charge is 0.383 e. The minimum Gasteiger partial charge on any atom is -0.383 e. The van der Waals surface area contributed by atoms with Crippen molar-refractivity contribution in [1.82, 2.24) is 25.3 Å². The Morgan fingerprint density at radius 2 is 1.37 bits per heavy atom. The number of hydrogen-bond acceptors (Lipinski definition) is 16. The number of carbonyl (C=O) groups excluding carboxylic acids is 6. The van der Waals surface area contributed by atoms with Gasteiger partial charge in [-0.2, -0.15) is 5.10 Å². The van der Waals surface area contributed by atoms with Crippen molar-refractivity contribution in [2.24, 2.45) is 0 Å². The van der Waals surface area contributed by atoms with Crippen molar-refractivity contribution in [3.8, 4) is 0 Å². The molecule has 0 bridgehead atoms. The van der Waals surface area contributed by atoms with E-state index in [4.69, 9.17) is 28.4 Å². The number of H-pyrrole nitrogens is 1. The molecule has 0 saturated carbocycles. The predicted molar refractivity (Wildman–Crippen MR) is 286 cm³/mol. The van der Waals surface area contributed by atoms with Gasteiger partial charge < -0.3 is 54.2 Å². The van der Waals surface area contributed by atoms with E-state index in [1.54, 1.807) is 24.3 Å². The molecule has 1 atom stereocenters. The molecule has 9 rings (SSSR count). The van der Waals surface area contributed by atoms with E-state index in [1.165, 1.54) is 12.1 Å². The van der Waals surface area contributed by atoms with Gasteiger partial charge in [0.05, 0.1) is 94.7 Å². The molecular weight excluding hydrogens is 1030 g/mol. The summed E-state index contributed by atoms with van der Waals surface area (Å²) in [4.78, 5) is 81.9. The molecular formula is C56H65F2N9O12. The lowest BCUT2D eigenvalue weighted by Crippen LogP contribution is -2.54. The second-order valence-corrected chi connectivity index (χ2v) is 19.4. The van der Waals surface area contributed by atoms with Gasteiger partial charge in [-0.05, 0) is 97.5 Å². The molecule has 0 aliphatic carbocycles. The molecule has 5 heterocycles. The maximum atomic E-state index is 14.0. The molecule has 4 aromatic carbocycles. The average Bonchev–Trinajstić information content (AvgIpc) is 4.19. The fraction of sp³-hybridized carbons (Fsp3) is 0.446. The third-order valence-electron chi connectivity index (χ3n) is 14.0. The number of ether oxygens (including phenoxy) is 6. The zero-order valence-corrected chi connectivity index (χ0v) is 43.8. The van der Waals surface area contributed by atoms with E-state index in [1.807, 2.05) is 35.2 Å². The summed E-state index contributed by atoms with van der Waals surface area (Å²) in [6, 6.07) is 18.6. The fourth-order valence-corrected chi connectivity index (χ4v) is 9.86. The van der Waals surface area contributed by atoms with Crippen LogP contribution in [0.15, 0.2) is 72.8 Å². The topological polar surface area (TPSA) is 244 Å². The summed E-state index contributed by atoms with van der Waals surface area (Å²) in [5.74, 6) is -3.48. The molecule has 0 spiro atoms. The minimum atomic E-state index is -1.01. The smallest absolute Gasteiger partial charge is 0.262 e. The number of aromatic nitrogens is 2. The van der Waals surface area contributed by atoms with Crippen LogP contribution in [-0.4, -0.2) is 180 Å². The van der Waals surface area contributed by atoms with Gasteiger partial charge in [-0.25, -0.2) is 8.78 Å². The van der Waals surface area contributed by atoms with Gasteiger partial charge in [0.15, 0.2) is 5.82 Å². The van der Waals surface area contributed by atoms with Crippen molar-refractivity contribution in [2.45, 2.75) is 50.6 Å². The maximum absolute atomic E-state index is 14.0. The van der Waals surface area contributed by atoms with Crippen LogP contribution in [-0.2, 0) is 49.2 Å². The lowest BCUT2D eigenvalue weighted by molar-refractivity contribution is -0.136. The number of piperidine rings is 1. The fourth-order valence-electron chi connectivity index (χ4n) is 9.86. The highest BCUT2D eigenvalue weighted by Crippen LogP contribution is 2.32. The highest BCUT2D eigenvalue weighted by molar-refractivity contribution is 6.23. The third-order valence-corrected chi connectivity index (χ3v) is 14.0. The van der Waals surface area contributed by atoms with E-state index in [0.29, 0.717) is 151 Å². The van der Waals surface area contributed by atoms with Crippen LogP contribution < -0.4 is 26.2 Å². The molecule has 0 radical (unpaired) electrons. The number of imide groups is 2. The van der Waals surface area contributed by atoms with E-state index >= 15 is 0 Å². The Balaban J connectivity index is 0.608. The van der Waals surface area contributed by atoms with Crippen LogP contribution in [0.25, 0.3) is 10.9 Å². The van der Waals surface area contributed by atoms with Gasteiger partial charge >= 0.3 is 0 Å². The first-order valence-corrected chi connectivity index (χ1v) is 26.7. The number of hydrogen-bond donors (Lipinski definition) is 5. The molecule has 21 nitrogen and oxygen atoms in total. The van der Waals surface area contributed by atoms with Crippen molar-refractivity contribution in [3.05, 3.63) is 112 Å². The van der Waals surface area contributed by atoms with Crippen LogP contribution >= 0.6 is 0 Å². The number of halogens is 2. The second kappa shape index (κ2) is 27.5. The normalized spacial score (nSPS) is 16.9. The molecule has 79 heavy (non-hydrogen) atoms. The summed E-state index contributed by atoms with van der Waals surface area (Å²) in [6.07, 6.45) is 2.28. The molecule has 6 amide bonds. The molecule has 5 aromatic rings. The summed E-state index contributed by atoms with van der Waals surface area (Å²) in [6.45, 7) is 7.64. The van der Waals surface area contributed by atoms with E-state index in [-0.39, 0.29) is 54.9 Å². The van der Waals surface area contributed by atoms with Crippen molar-refractivity contribution >= 4 is 69.2 Å². The maximum Gasteiger partial charge on any atom is 0.262 e. The standard InChI is InChI=1S/C56H65F2N9O12/c57-38-30-37(31-39(58)33-38)29-36-1-6-47-46(32-36)52(64-63-47)62-53(70)44-5-3-42(35-48(44)60-40-9-17-74-18-10-40)65-13-15-66(16-14-65)51(69)11-19-75-21-23-77-25-27-79-28-26-78-24-22-76-20-12-59-41-2-4-43-45(34-41)56(73)67(55(43)72)49-7-8-50(68)61-54(49)71/h1-6,30-35,40,49,59-60H,7-29H2,(H,61,68,71)(H2,62,63,64,70).